The van der Waals surface area contributed by atoms with Gasteiger partial charge in [-0.1, -0.05) is 0 Å². The van der Waals surface area contributed by atoms with Crippen LogP contribution in [0.4, 0.5) is 0 Å². The molecule has 0 heterocycles. The van der Waals surface area contributed by atoms with E-state index in [-0.39, 0.29) is 50.1 Å². The van der Waals surface area contributed by atoms with E-state index in [1.807, 2.05) is 0 Å². The lowest BCUT2D eigenvalue weighted by Crippen LogP contribution is -2.25. The minimum absolute atomic E-state index is 0.0370. The number of benzene rings is 4. The molecule has 0 amide bonds. The molecule has 11 nitrogen and oxygen atoms in total. The Balaban J connectivity index is 1.53. The molecule has 4 aromatic carbocycles. The molecule has 2 aliphatic carbocycles. The maximum Gasteiger partial charge on any atom is 0.303 e. The fraction of sp³-hybridized carbons (Fsp3) is 0.167. The highest BCUT2D eigenvalue weighted by Gasteiger charge is 2.41. The van der Waals surface area contributed by atoms with Gasteiger partial charge in [0.1, 0.15) is 29.1 Å². The molecule has 4 N–H and O–H groups in total. The number of aromatic hydroxyl groups is 4. The van der Waals surface area contributed by atoms with Crippen LogP contribution in [0.5, 0.6) is 23.0 Å². The SMILES string of the molecule is CC(=O)O[C@H](C)c1c(C)cc(O)c2c1C(=O)c1ccc(-c3ccc4c(c3O)C(=O)c3c(O)cc(C)c(C(C)=O)c3C4=O)c(O)c1C2=O. The van der Waals surface area contributed by atoms with Gasteiger partial charge in [0.05, 0.1) is 22.3 Å². The Labute approximate surface area is 266 Å². The van der Waals surface area contributed by atoms with Crippen molar-refractivity contribution in [3.8, 4) is 34.1 Å². The van der Waals surface area contributed by atoms with E-state index in [0.29, 0.717) is 5.56 Å². The fourth-order valence-electron chi connectivity index (χ4n) is 6.80. The molecule has 0 unspecified atom stereocenters. The van der Waals surface area contributed by atoms with Gasteiger partial charge in [0.15, 0.2) is 17.3 Å². The van der Waals surface area contributed by atoms with E-state index in [1.165, 1.54) is 64.1 Å². The zero-order chi connectivity index (χ0) is 34.4. The highest BCUT2D eigenvalue weighted by molar-refractivity contribution is 6.34. The van der Waals surface area contributed by atoms with Crippen LogP contribution < -0.4 is 0 Å². The first-order chi connectivity index (χ1) is 22.1. The molecule has 236 valence electrons. The first-order valence-electron chi connectivity index (χ1n) is 14.4. The summed E-state index contributed by atoms with van der Waals surface area (Å²) in [4.78, 5) is 79.2. The molecule has 0 aliphatic heterocycles. The number of carbonyl (C=O) groups is 6. The van der Waals surface area contributed by atoms with Crippen LogP contribution in [0.25, 0.3) is 11.1 Å². The zero-order valence-corrected chi connectivity index (χ0v) is 25.7. The molecule has 0 spiro atoms. The number of ether oxygens (including phenoxy) is 1. The Morgan fingerprint density at radius 2 is 1.02 bits per heavy atom. The van der Waals surface area contributed by atoms with Crippen molar-refractivity contribution in [3.05, 3.63) is 103 Å². The molecule has 0 bridgehead atoms. The maximum absolute atomic E-state index is 13.9. The van der Waals surface area contributed by atoms with Gasteiger partial charge in [-0.2, -0.15) is 0 Å². The van der Waals surface area contributed by atoms with Gasteiger partial charge in [0, 0.05) is 51.4 Å². The number of phenols is 4. The molecular weight excluding hydrogens is 608 g/mol. The second-order valence-corrected chi connectivity index (χ2v) is 11.6. The van der Waals surface area contributed by atoms with Gasteiger partial charge < -0.3 is 25.2 Å². The smallest absolute Gasteiger partial charge is 0.303 e. The number of fused-ring (bicyclic) bond motifs is 4. The summed E-state index contributed by atoms with van der Waals surface area (Å²) in [5.74, 6) is -7.11. The van der Waals surface area contributed by atoms with Gasteiger partial charge in [-0.25, -0.2) is 0 Å². The highest BCUT2D eigenvalue weighted by Crippen LogP contribution is 2.48. The van der Waals surface area contributed by atoms with Crippen molar-refractivity contribution in [2.75, 3.05) is 0 Å². The first-order valence-corrected chi connectivity index (χ1v) is 14.4. The lowest BCUT2D eigenvalue weighted by atomic mass is 9.76. The lowest BCUT2D eigenvalue weighted by Gasteiger charge is -2.26. The third kappa shape index (κ3) is 4.27. The maximum atomic E-state index is 13.9. The van der Waals surface area contributed by atoms with Crippen molar-refractivity contribution in [1.82, 2.24) is 0 Å². The second-order valence-electron chi connectivity index (χ2n) is 11.6. The Morgan fingerprint density at radius 1 is 0.596 bits per heavy atom. The average molecular weight is 635 g/mol. The molecule has 6 rings (SSSR count). The van der Waals surface area contributed by atoms with E-state index in [4.69, 9.17) is 4.74 Å². The summed E-state index contributed by atoms with van der Waals surface area (Å²) in [6.45, 7) is 7.01. The molecule has 47 heavy (non-hydrogen) atoms. The summed E-state index contributed by atoms with van der Waals surface area (Å²) in [7, 11) is 0. The zero-order valence-electron chi connectivity index (χ0n) is 25.7. The van der Waals surface area contributed by atoms with Crippen LogP contribution in [-0.4, -0.2) is 55.3 Å². The number of Topliss-reactive ketones (excluding diaryl/α,β-unsaturated/α-hetero) is 1. The summed E-state index contributed by atoms with van der Waals surface area (Å²) < 4.78 is 5.28. The third-order valence-corrected chi connectivity index (χ3v) is 8.66. The lowest BCUT2D eigenvalue weighted by molar-refractivity contribution is -0.145. The van der Waals surface area contributed by atoms with Crippen LogP contribution in [0, 0.1) is 13.8 Å². The van der Waals surface area contributed by atoms with Crippen molar-refractivity contribution >= 4 is 34.9 Å². The van der Waals surface area contributed by atoms with E-state index < -0.39 is 86.2 Å². The van der Waals surface area contributed by atoms with Crippen molar-refractivity contribution in [2.45, 2.75) is 40.7 Å². The van der Waals surface area contributed by atoms with E-state index in [1.54, 1.807) is 6.92 Å². The van der Waals surface area contributed by atoms with Crippen LogP contribution in [0.2, 0.25) is 0 Å². The van der Waals surface area contributed by atoms with Gasteiger partial charge in [0.25, 0.3) is 0 Å². The highest BCUT2D eigenvalue weighted by atomic mass is 16.5. The Morgan fingerprint density at radius 3 is 1.49 bits per heavy atom. The van der Waals surface area contributed by atoms with Crippen LogP contribution in [-0.2, 0) is 9.53 Å². The van der Waals surface area contributed by atoms with Gasteiger partial charge in [-0.15, -0.1) is 0 Å². The number of rotatable bonds is 4. The van der Waals surface area contributed by atoms with Crippen molar-refractivity contribution in [1.29, 1.82) is 0 Å². The normalized spacial score (nSPS) is 13.8. The second kappa shape index (κ2) is 10.5. The van der Waals surface area contributed by atoms with Crippen LogP contribution in [0.1, 0.15) is 118 Å². The van der Waals surface area contributed by atoms with Gasteiger partial charge in [0.2, 0.25) is 11.6 Å². The van der Waals surface area contributed by atoms with Gasteiger partial charge >= 0.3 is 5.97 Å². The summed E-state index contributed by atoms with van der Waals surface area (Å²) in [6, 6.07) is 7.36. The van der Waals surface area contributed by atoms with Crippen molar-refractivity contribution in [3.63, 3.8) is 0 Å². The molecule has 0 saturated heterocycles. The topological polar surface area (TPSA) is 193 Å². The number of phenolic OH excluding ortho intramolecular Hbond substituents is 4. The van der Waals surface area contributed by atoms with E-state index in [9.17, 15) is 49.2 Å². The molecule has 0 saturated carbocycles. The largest absolute Gasteiger partial charge is 0.507 e. The Bertz CT molecular complexity index is 2220. The van der Waals surface area contributed by atoms with Crippen molar-refractivity contribution < 1.29 is 53.9 Å². The summed E-state index contributed by atoms with van der Waals surface area (Å²) in [5, 5.41) is 44.3. The Hall–Kier alpha value is -6.10. The third-order valence-electron chi connectivity index (χ3n) is 8.66. The number of hydrogen-bond acceptors (Lipinski definition) is 11. The predicted molar refractivity (Wildman–Crippen MR) is 165 cm³/mol. The van der Waals surface area contributed by atoms with Gasteiger partial charge in [-0.3, -0.25) is 28.8 Å². The summed E-state index contributed by atoms with van der Waals surface area (Å²) in [5.41, 5.74) is -2.29. The summed E-state index contributed by atoms with van der Waals surface area (Å²) >= 11 is 0. The molecule has 2 aliphatic rings. The van der Waals surface area contributed by atoms with Crippen molar-refractivity contribution in [2.24, 2.45) is 0 Å². The minimum atomic E-state index is -0.958. The average Bonchev–Trinajstić information content (AvgIpc) is 2.97. The molecule has 0 aromatic heterocycles. The minimum Gasteiger partial charge on any atom is -0.507 e. The number of hydrogen-bond donors (Lipinski definition) is 4. The Kier molecular flexibility index (Phi) is 6.89. The van der Waals surface area contributed by atoms with E-state index >= 15 is 0 Å². The standard InChI is InChI=1S/C36H26O11/c1-12-10-21(39)27-29(23(12)14(3)37)33(43)19-8-6-17(31(41)25(19)35(27)45)18-7-9-20-26(32(18)42)36(46)28-22(40)11-13(2)24(30(28)34(20)44)15(4)47-16(5)38/h6-11,15,39-42H,1-5H3/t15-/m1/s1. The molecular formula is C36H26O11. The number of ketones is 5. The van der Waals surface area contributed by atoms with E-state index in [2.05, 4.69) is 0 Å². The predicted octanol–water partition coefficient (Wildman–Crippen LogP) is 5.17. The number of carbonyl (C=O) groups excluding carboxylic acids is 6. The molecule has 0 radical (unpaired) electrons. The van der Waals surface area contributed by atoms with Crippen LogP contribution in [0.15, 0.2) is 36.4 Å². The van der Waals surface area contributed by atoms with Crippen LogP contribution in [0.3, 0.4) is 0 Å². The van der Waals surface area contributed by atoms with Gasteiger partial charge in [-0.05, 0) is 75.2 Å². The molecule has 11 heteroatoms. The van der Waals surface area contributed by atoms with E-state index in [0.717, 1.165) is 0 Å². The monoisotopic (exact) mass is 634 g/mol. The number of aryl methyl sites for hydroxylation is 2. The first kappa shape index (κ1) is 30.9. The van der Waals surface area contributed by atoms with Crippen LogP contribution >= 0.6 is 0 Å². The summed E-state index contributed by atoms with van der Waals surface area (Å²) in [6.07, 6.45) is -0.958. The molecule has 0 fully saturated rings. The molecule has 1 atom stereocenters. The number of esters is 1. The fourth-order valence-corrected chi connectivity index (χ4v) is 6.80. The molecule has 4 aromatic rings. The quantitative estimate of drug-likeness (QED) is 0.148.